The van der Waals surface area contributed by atoms with Gasteiger partial charge in [-0.15, -0.1) is 0 Å². The predicted octanol–water partition coefficient (Wildman–Crippen LogP) is 5.50. The van der Waals surface area contributed by atoms with Gasteiger partial charge in [0.15, 0.2) is 0 Å². The van der Waals surface area contributed by atoms with Gasteiger partial charge in [0.25, 0.3) is 0 Å². The highest BCUT2D eigenvalue weighted by molar-refractivity contribution is 9.13. The first kappa shape index (κ1) is 13.5. The van der Waals surface area contributed by atoms with Crippen molar-refractivity contribution in [3.63, 3.8) is 0 Å². The smallest absolute Gasteiger partial charge is 0.134 e. The number of aromatic hydroxyl groups is 1. The van der Waals surface area contributed by atoms with Crippen molar-refractivity contribution in [3.8, 4) is 5.75 Å². The van der Waals surface area contributed by atoms with Crippen LogP contribution < -0.4 is 0 Å². The molecule has 0 aliphatic carbocycles. The lowest BCUT2D eigenvalue weighted by Crippen LogP contribution is -1.98. The molecular formula is C11H13Br3O. The lowest BCUT2D eigenvalue weighted by Gasteiger charge is -2.18. The second-order valence-corrected chi connectivity index (χ2v) is 6.02. The average Bonchev–Trinajstić information content (AvgIpc) is 2.23. The monoisotopic (exact) mass is 398 g/mol. The van der Waals surface area contributed by atoms with E-state index in [1.165, 1.54) is 5.56 Å². The van der Waals surface area contributed by atoms with Crippen LogP contribution in [0.4, 0.5) is 0 Å². The first-order valence-electron chi connectivity index (χ1n) is 4.77. The van der Waals surface area contributed by atoms with Gasteiger partial charge < -0.3 is 5.11 Å². The van der Waals surface area contributed by atoms with Crippen LogP contribution in [0.3, 0.4) is 0 Å². The third-order valence-electron chi connectivity index (χ3n) is 2.66. The summed E-state index contributed by atoms with van der Waals surface area (Å²) in [7, 11) is 0. The number of rotatable bonds is 2. The highest BCUT2D eigenvalue weighted by Gasteiger charge is 2.20. The van der Waals surface area contributed by atoms with E-state index < -0.39 is 0 Å². The fourth-order valence-corrected chi connectivity index (χ4v) is 3.76. The van der Waals surface area contributed by atoms with E-state index in [4.69, 9.17) is 0 Å². The van der Waals surface area contributed by atoms with Crippen molar-refractivity contribution in [1.82, 2.24) is 0 Å². The summed E-state index contributed by atoms with van der Waals surface area (Å²) in [6, 6.07) is 0. The molecule has 1 aromatic rings. The lowest BCUT2D eigenvalue weighted by molar-refractivity contribution is 0.466. The molecular weight excluding hydrogens is 388 g/mol. The quantitative estimate of drug-likeness (QED) is 0.650. The Balaban J connectivity index is 3.52. The summed E-state index contributed by atoms with van der Waals surface area (Å²) in [5.74, 6) is 0.741. The number of hydrogen-bond acceptors (Lipinski definition) is 1. The van der Waals surface area contributed by atoms with Crippen LogP contribution in [0.1, 0.15) is 37.3 Å². The van der Waals surface area contributed by atoms with E-state index in [-0.39, 0.29) is 0 Å². The minimum Gasteiger partial charge on any atom is -0.506 e. The summed E-state index contributed by atoms with van der Waals surface area (Å²) >= 11 is 10.5. The zero-order chi connectivity index (χ0) is 11.7. The average molecular weight is 401 g/mol. The third-order valence-corrected chi connectivity index (χ3v) is 5.81. The van der Waals surface area contributed by atoms with Gasteiger partial charge in [-0.2, -0.15) is 0 Å². The van der Waals surface area contributed by atoms with Crippen LogP contribution in [-0.4, -0.2) is 5.11 Å². The van der Waals surface area contributed by atoms with Crippen LogP contribution in [0.2, 0.25) is 0 Å². The van der Waals surface area contributed by atoms with Crippen LogP contribution in [-0.2, 0) is 0 Å². The summed E-state index contributed by atoms with van der Waals surface area (Å²) in [5.41, 5.74) is 2.08. The topological polar surface area (TPSA) is 20.2 Å². The standard InChI is InChI=1S/C11H13Br3O/c1-4-5(2)7-8(12)6(3)11(15)10(14)9(7)13/h5,15H,4H2,1-3H3. The van der Waals surface area contributed by atoms with E-state index in [9.17, 15) is 5.11 Å². The molecule has 0 saturated heterocycles. The van der Waals surface area contributed by atoms with Gasteiger partial charge in [-0.05, 0) is 56.7 Å². The minimum atomic E-state index is 0.292. The first-order valence-corrected chi connectivity index (χ1v) is 7.15. The largest absolute Gasteiger partial charge is 0.506 e. The van der Waals surface area contributed by atoms with Gasteiger partial charge in [0.05, 0.1) is 4.47 Å². The van der Waals surface area contributed by atoms with Crippen molar-refractivity contribution in [3.05, 3.63) is 24.5 Å². The molecule has 1 rings (SSSR count). The molecule has 0 aromatic heterocycles. The molecule has 4 heteroatoms. The molecule has 0 amide bonds. The van der Waals surface area contributed by atoms with Crippen LogP contribution in [0.15, 0.2) is 13.4 Å². The Morgan fingerprint density at radius 2 is 1.67 bits per heavy atom. The second kappa shape index (κ2) is 5.19. The number of phenolic OH excluding ortho intramolecular Hbond substituents is 1. The Bertz CT molecular complexity index is 359. The van der Waals surface area contributed by atoms with Gasteiger partial charge in [-0.3, -0.25) is 0 Å². The van der Waals surface area contributed by atoms with Gasteiger partial charge in [-0.1, -0.05) is 29.8 Å². The Morgan fingerprint density at radius 1 is 1.13 bits per heavy atom. The van der Waals surface area contributed by atoms with Crippen LogP contribution >= 0.6 is 47.8 Å². The zero-order valence-electron chi connectivity index (χ0n) is 8.87. The Hall–Kier alpha value is 0.460. The molecule has 1 N–H and O–H groups in total. The molecule has 0 saturated carbocycles. The molecule has 1 nitrogen and oxygen atoms in total. The van der Waals surface area contributed by atoms with E-state index in [2.05, 4.69) is 61.6 Å². The summed E-state index contributed by atoms with van der Waals surface area (Å²) in [6.45, 7) is 6.23. The number of benzene rings is 1. The zero-order valence-corrected chi connectivity index (χ0v) is 13.6. The van der Waals surface area contributed by atoms with E-state index in [0.717, 1.165) is 25.4 Å². The Labute approximate surface area is 116 Å². The lowest BCUT2D eigenvalue weighted by atomic mass is 9.97. The van der Waals surface area contributed by atoms with Crippen molar-refractivity contribution < 1.29 is 5.11 Å². The molecule has 0 aliphatic rings. The summed E-state index contributed by atoms with van der Waals surface area (Å²) < 4.78 is 2.66. The molecule has 1 atom stereocenters. The van der Waals surface area contributed by atoms with Crippen LogP contribution in [0.25, 0.3) is 0 Å². The van der Waals surface area contributed by atoms with E-state index in [1.807, 2.05) is 6.92 Å². The van der Waals surface area contributed by atoms with E-state index in [1.54, 1.807) is 0 Å². The van der Waals surface area contributed by atoms with Gasteiger partial charge in [-0.25, -0.2) is 0 Å². The van der Waals surface area contributed by atoms with Gasteiger partial charge in [0, 0.05) is 14.5 Å². The molecule has 0 heterocycles. The van der Waals surface area contributed by atoms with E-state index >= 15 is 0 Å². The van der Waals surface area contributed by atoms with Crippen molar-refractivity contribution in [2.75, 3.05) is 0 Å². The summed E-state index contributed by atoms with van der Waals surface area (Å²) in [5, 5.41) is 9.84. The SMILES string of the molecule is CCC(C)c1c(Br)c(C)c(O)c(Br)c1Br. The highest BCUT2D eigenvalue weighted by atomic mass is 79.9. The molecule has 1 aromatic carbocycles. The number of phenols is 1. The van der Waals surface area contributed by atoms with Gasteiger partial charge >= 0.3 is 0 Å². The Kier molecular flexibility index (Phi) is 4.68. The molecule has 0 radical (unpaired) electrons. The maximum Gasteiger partial charge on any atom is 0.134 e. The Morgan fingerprint density at radius 3 is 2.13 bits per heavy atom. The van der Waals surface area contributed by atoms with Crippen molar-refractivity contribution in [1.29, 1.82) is 0 Å². The normalized spacial score (nSPS) is 12.9. The van der Waals surface area contributed by atoms with Crippen LogP contribution in [0, 0.1) is 6.92 Å². The molecule has 0 bridgehead atoms. The molecule has 0 spiro atoms. The first-order chi connectivity index (χ1) is 6.91. The third kappa shape index (κ3) is 2.42. The van der Waals surface area contributed by atoms with Gasteiger partial charge in [0.2, 0.25) is 0 Å². The molecule has 84 valence electrons. The van der Waals surface area contributed by atoms with Crippen molar-refractivity contribution in [2.45, 2.75) is 33.1 Å². The maximum atomic E-state index is 9.84. The number of hydrogen-bond donors (Lipinski definition) is 1. The fourth-order valence-electron chi connectivity index (χ4n) is 1.43. The van der Waals surface area contributed by atoms with Crippen molar-refractivity contribution in [2.24, 2.45) is 0 Å². The minimum absolute atomic E-state index is 0.292. The predicted molar refractivity (Wildman–Crippen MR) is 74.6 cm³/mol. The second-order valence-electron chi connectivity index (χ2n) is 3.64. The van der Waals surface area contributed by atoms with Crippen LogP contribution in [0.5, 0.6) is 5.75 Å². The van der Waals surface area contributed by atoms with E-state index in [0.29, 0.717) is 11.7 Å². The molecule has 0 fully saturated rings. The maximum absolute atomic E-state index is 9.84. The number of halogens is 3. The molecule has 15 heavy (non-hydrogen) atoms. The molecule has 1 unspecified atom stereocenters. The molecule has 0 aliphatic heterocycles. The van der Waals surface area contributed by atoms with Crippen molar-refractivity contribution >= 4 is 47.8 Å². The highest BCUT2D eigenvalue weighted by Crippen LogP contribution is 2.45. The fraction of sp³-hybridized carbons (Fsp3) is 0.455. The van der Waals surface area contributed by atoms with Gasteiger partial charge in [0.1, 0.15) is 5.75 Å². The summed E-state index contributed by atoms with van der Waals surface area (Å²) in [6.07, 6.45) is 1.06. The summed E-state index contributed by atoms with van der Waals surface area (Å²) in [4.78, 5) is 0.